The highest BCUT2D eigenvalue weighted by Gasteiger charge is 2.52. The highest BCUT2D eigenvalue weighted by Crippen LogP contribution is 2.52. The fourth-order valence-corrected chi connectivity index (χ4v) is 4.42. The van der Waals surface area contributed by atoms with Crippen LogP contribution in [-0.4, -0.2) is 23.0 Å². The molecule has 3 aromatic carbocycles. The zero-order chi connectivity index (χ0) is 23.9. The molecule has 1 saturated carbocycles. The van der Waals surface area contributed by atoms with Crippen LogP contribution in [0, 0.1) is 0 Å². The van der Waals surface area contributed by atoms with Gasteiger partial charge in [-0.2, -0.15) is 0 Å². The number of carbonyl (C=O) groups excluding carboxylic acids is 1. The van der Waals surface area contributed by atoms with Gasteiger partial charge >= 0.3 is 6.29 Å². The summed E-state index contributed by atoms with van der Waals surface area (Å²) >= 11 is -1.07. The van der Waals surface area contributed by atoms with Gasteiger partial charge in [0, 0.05) is 17.0 Å². The van der Waals surface area contributed by atoms with Crippen molar-refractivity contribution in [2.45, 2.75) is 31.1 Å². The number of fused-ring (bicyclic) bond motifs is 1. The van der Waals surface area contributed by atoms with Crippen LogP contribution in [0.25, 0.3) is 11.1 Å². The smallest absolute Gasteiger partial charge is 0.586 e. The van der Waals surface area contributed by atoms with Crippen molar-refractivity contribution in [2.24, 2.45) is 0 Å². The van der Waals surface area contributed by atoms with Gasteiger partial charge in [-0.15, -0.1) is 13.5 Å². The SMILES string of the molecule is C[S+]([O-])NCc1ccc(-c2cccc(NC(=O)C3(c4ccc5c(c4)OC(F)(F)O5)CC3)c2)cc1. The van der Waals surface area contributed by atoms with Crippen molar-refractivity contribution in [3.63, 3.8) is 0 Å². The average Bonchev–Trinajstić information content (AvgIpc) is 3.55. The lowest BCUT2D eigenvalue weighted by molar-refractivity contribution is -0.286. The minimum atomic E-state index is -3.69. The van der Waals surface area contributed by atoms with E-state index in [9.17, 15) is 18.1 Å². The fourth-order valence-electron chi connectivity index (χ4n) is 4.05. The summed E-state index contributed by atoms with van der Waals surface area (Å²) in [6, 6.07) is 19.9. The lowest BCUT2D eigenvalue weighted by atomic mass is 9.94. The van der Waals surface area contributed by atoms with Crippen LogP contribution in [0.2, 0.25) is 0 Å². The first-order chi connectivity index (χ1) is 16.2. The van der Waals surface area contributed by atoms with E-state index in [1.165, 1.54) is 12.1 Å². The molecule has 34 heavy (non-hydrogen) atoms. The van der Waals surface area contributed by atoms with Gasteiger partial charge in [-0.05, 0) is 59.4 Å². The molecule has 0 radical (unpaired) electrons. The summed E-state index contributed by atoms with van der Waals surface area (Å²) in [6.07, 6.45) is -0.867. The quantitative estimate of drug-likeness (QED) is 0.474. The number of halogens is 2. The van der Waals surface area contributed by atoms with Gasteiger partial charge in [-0.25, -0.2) is 0 Å². The first-order valence-electron chi connectivity index (χ1n) is 10.7. The molecule has 1 amide bonds. The van der Waals surface area contributed by atoms with Crippen molar-refractivity contribution in [2.75, 3.05) is 11.6 Å². The third-order valence-corrected chi connectivity index (χ3v) is 6.58. The Balaban J connectivity index is 1.30. The van der Waals surface area contributed by atoms with E-state index in [0.717, 1.165) is 16.7 Å². The predicted octanol–water partition coefficient (Wildman–Crippen LogP) is 4.73. The maximum Gasteiger partial charge on any atom is 0.586 e. The summed E-state index contributed by atoms with van der Waals surface area (Å²) in [5.74, 6) is -0.293. The molecule has 1 heterocycles. The van der Waals surface area contributed by atoms with Crippen LogP contribution in [0.15, 0.2) is 66.7 Å². The molecule has 0 spiro atoms. The van der Waals surface area contributed by atoms with E-state index in [1.807, 2.05) is 48.5 Å². The normalized spacial score (nSPS) is 17.8. The second-order valence-corrected chi connectivity index (χ2v) is 9.62. The molecule has 2 aliphatic rings. The standard InChI is InChI=1S/C25H22F2N2O4S/c1-34(31)28-15-16-5-7-17(8-6-16)18-3-2-4-20(13-18)29-23(30)24(11-12-24)19-9-10-21-22(14-19)33-25(26,27)32-21/h2-10,13-14,28H,11-12,15H2,1H3,(H,29,30). The Kier molecular flexibility index (Phi) is 5.71. The van der Waals surface area contributed by atoms with Gasteiger partial charge < -0.3 is 19.3 Å². The molecular weight excluding hydrogens is 462 g/mol. The van der Waals surface area contributed by atoms with Crippen LogP contribution >= 0.6 is 0 Å². The molecule has 1 aliphatic carbocycles. The molecule has 1 aliphatic heterocycles. The second kappa shape index (κ2) is 8.57. The van der Waals surface area contributed by atoms with Crippen LogP contribution in [0.1, 0.15) is 24.0 Å². The van der Waals surface area contributed by atoms with Crippen molar-refractivity contribution < 1.29 is 27.6 Å². The van der Waals surface area contributed by atoms with Gasteiger partial charge in [0.05, 0.1) is 12.0 Å². The maximum atomic E-state index is 13.4. The van der Waals surface area contributed by atoms with Crippen molar-refractivity contribution >= 4 is 23.0 Å². The van der Waals surface area contributed by atoms with E-state index in [-0.39, 0.29) is 17.4 Å². The first-order valence-corrected chi connectivity index (χ1v) is 12.3. The molecule has 6 nitrogen and oxygen atoms in total. The van der Waals surface area contributed by atoms with Crippen molar-refractivity contribution in [3.05, 3.63) is 77.9 Å². The number of hydrogen-bond donors (Lipinski definition) is 2. The fraction of sp³-hybridized carbons (Fsp3) is 0.240. The van der Waals surface area contributed by atoms with E-state index >= 15 is 0 Å². The Labute approximate surface area is 198 Å². The molecule has 0 aromatic heterocycles. The largest absolute Gasteiger partial charge is 0.598 e. The Hall–Kier alpha value is -3.14. The topological polar surface area (TPSA) is 82.7 Å². The monoisotopic (exact) mass is 484 g/mol. The second-order valence-electron chi connectivity index (χ2n) is 8.42. The number of rotatable bonds is 7. The average molecular weight is 485 g/mol. The first kappa shape index (κ1) is 22.6. The van der Waals surface area contributed by atoms with Crippen molar-refractivity contribution in [3.8, 4) is 22.6 Å². The molecular formula is C25H22F2N2O4S. The van der Waals surface area contributed by atoms with Crippen molar-refractivity contribution in [1.29, 1.82) is 0 Å². The molecule has 1 fully saturated rings. The van der Waals surface area contributed by atoms with E-state index in [4.69, 9.17) is 0 Å². The molecule has 5 rings (SSSR count). The highest BCUT2D eigenvalue weighted by molar-refractivity contribution is 7.88. The van der Waals surface area contributed by atoms with E-state index in [0.29, 0.717) is 30.6 Å². The zero-order valence-electron chi connectivity index (χ0n) is 18.3. The highest BCUT2D eigenvalue weighted by atomic mass is 32.2. The van der Waals surface area contributed by atoms with Gasteiger partial charge in [-0.1, -0.05) is 42.5 Å². The maximum absolute atomic E-state index is 13.4. The summed E-state index contributed by atoms with van der Waals surface area (Å²) in [4.78, 5) is 13.2. The molecule has 1 unspecified atom stereocenters. The van der Waals surface area contributed by atoms with Crippen LogP contribution in [0.4, 0.5) is 14.5 Å². The summed E-state index contributed by atoms with van der Waals surface area (Å²) in [5, 5.41) is 2.98. The minimum Gasteiger partial charge on any atom is -0.598 e. The summed E-state index contributed by atoms with van der Waals surface area (Å²) in [7, 11) is 0. The number of nitrogens with one attached hydrogen (secondary N) is 2. The van der Waals surface area contributed by atoms with Crippen molar-refractivity contribution in [1.82, 2.24) is 4.72 Å². The zero-order valence-corrected chi connectivity index (χ0v) is 19.1. The number of hydrogen-bond acceptors (Lipinski definition) is 5. The van der Waals surface area contributed by atoms with E-state index in [1.54, 1.807) is 12.3 Å². The molecule has 9 heteroatoms. The van der Waals surface area contributed by atoms with Crippen LogP contribution in [0.3, 0.4) is 0 Å². The third-order valence-electron chi connectivity index (χ3n) is 6.03. The van der Waals surface area contributed by atoms with E-state index in [2.05, 4.69) is 19.5 Å². The van der Waals surface area contributed by atoms with Crippen LogP contribution in [0.5, 0.6) is 11.5 Å². The predicted molar refractivity (Wildman–Crippen MR) is 125 cm³/mol. The number of anilines is 1. The number of alkyl halides is 2. The Bertz CT molecular complexity index is 1230. The Morgan fingerprint density at radius 2 is 1.74 bits per heavy atom. The Morgan fingerprint density at radius 1 is 1.00 bits per heavy atom. The number of carbonyl (C=O) groups is 1. The number of amides is 1. The lowest BCUT2D eigenvalue weighted by Crippen LogP contribution is -2.28. The Morgan fingerprint density at radius 3 is 2.44 bits per heavy atom. The summed E-state index contributed by atoms with van der Waals surface area (Å²) in [5.41, 5.74) is 3.43. The van der Waals surface area contributed by atoms with Gasteiger partial charge in [0.25, 0.3) is 0 Å². The minimum absolute atomic E-state index is 0.0394. The van der Waals surface area contributed by atoms with Crippen LogP contribution in [-0.2, 0) is 28.1 Å². The summed E-state index contributed by atoms with van der Waals surface area (Å²) < 4.78 is 49.8. The molecule has 2 N–H and O–H groups in total. The lowest BCUT2D eigenvalue weighted by Gasteiger charge is -2.17. The summed E-state index contributed by atoms with van der Waals surface area (Å²) in [6.45, 7) is 0.513. The molecule has 176 valence electrons. The van der Waals surface area contributed by atoms with Gasteiger partial charge in [0.2, 0.25) is 5.91 Å². The van der Waals surface area contributed by atoms with Gasteiger partial charge in [-0.3, -0.25) is 4.79 Å². The molecule has 3 aromatic rings. The molecule has 0 saturated heterocycles. The molecule has 0 bridgehead atoms. The van der Waals surface area contributed by atoms with Gasteiger partial charge in [0.1, 0.15) is 6.26 Å². The number of ether oxygens (including phenoxy) is 2. The third kappa shape index (κ3) is 4.59. The van der Waals surface area contributed by atoms with Crippen LogP contribution < -0.4 is 19.5 Å². The van der Waals surface area contributed by atoms with Gasteiger partial charge in [0.15, 0.2) is 11.5 Å². The van der Waals surface area contributed by atoms with E-state index < -0.39 is 23.1 Å². The number of benzene rings is 3. The molecule has 1 atom stereocenters.